The molecule has 8 nitrogen and oxygen atoms in total. The highest BCUT2D eigenvalue weighted by molar-refractivity contribution is 5.94. The molecular weight excluding hydrogens is 415 g/mol. The Morgan fingerprint density at radius 2 is 1.94 bits per heavy atom. The van der Waals surface area contributed by atoms with Crippen LogP contribution >= 0.6 is 0 Å². The van der Waals surface area contributed by atoms with Crippen LogP contribution in [0.15, 0.2) is 29.1 Å². The van der Waals surface area contributed by atoms with Crippen molar-refractivity contribution in [2.24, 2.45) is 0 Å². The van der Waals surface area contributed by atoms with Gasteiger partial charge < -0.3 is 19.5 Å². The summed E-state index contributed by atoms with van der Waals surface area (Å²) < 4.78 is 18.7. The number of nitrogens with one attached hydrogen (secondary N) is 1. The van der Waals surface area contributed by atoms with E-state index in [4.69, 9.17) is 9.72 Å². The van der Waals surface area contributed by atoms with Gasteiger partial charge in [-0.3, -0.25) is 14.4 Å². The smallest absolute Gasteiger partial charge is 0.256 e. The van der Waals surface area contributed by atoms with Crippen molar-refractivity contribution in [2.45, 2.75) is 50.8 Å². The van der Waals surface area contributed by atoms with Crippen LogP contribution in [0, 0.1) is 5.82 Å². The first-order chi connectivity index (χ1) is 15.5. The van der Waals surface area contributed by atoms with Gasteiger partial charge in [-0.05, 0) is 49.9 Å². The van der Waals surface area contributed by atoms with Gasteiger partial charge in [-0.15, -0.1) is 0 Å². The Balaban J connectivity index is 1.36. The zero-order valence-corrected chi connectivity index (χ0v) is 17.7. The van der Waals surface area contributed by atoms with Crippen LogP contribution in [0.25, 0.3) is 0 Å². The van der Waals surface area contributed by atoms with Crippen LogP contribution in [0.3, 0.4) is 0 Å². The molecule has 0 aliphatic carbocycles. The molecule has 1 N–H and O–H groups in total. The molecule has 32 heavy (non-hydrogen) atoms. The predicted molar refractivity (Wildman–Crippen MR) is 112 cm³/mol. The van der Waals surface area contributed by atoms with E-state index in [1.807, 2.05) is 0 Å². The highest BCUT2D eigenvalue weighted by Gasteiger charge is 2.37. The summed E-state index contributed by atoms with van der Waals surface area (Å²) in [4.78, 5) is 49.5. The van der Waals surface area contributed by atoms with Crippen LogP contribution in [-0.2, 0) is 22.5 Å². The van der Waals surface area contributed by atoms with Crippen LogP contribution in [0.5, 0.6) is 0 Å². The number of ether oxygens (including phenoxy) is 1. The Kier molecular flexibility index (Phi) is 5.50. The Morgan fingerprint density at radius 1 is 1.12 bits per heavy atom. The molecule has 1 aromatic heterocycles. The standard InChI is InChI=1S/C23H25FN4O4/c24-15-7-5-14(6-8-15)22(30)27-11-9-17-16(13-27)21(29)26-20(25-17)18-3-1-10-28(18)23(31)19-4-2-12-32-19/h5-8,18-19H,1-4,9-13H2,(H,25,26,29)/t18-,19+/m0/s1. The van der Waals surface area contributed by atoms with E-state index in [1.165, 1.54) is 24.3 Å². The van der Waals surface area contributed by atoms with E-state index in [0.717, 1.165) is 25.7 Å². The maximum atomic E-state index is 13.2. The van der Waals surface area contributed by atoms with Gasteiger partial charge in [0.25, 0.3) is 17.4 Å². The third kappa shape index (κ3) is 3.81. The number of aromatic nitrogens is 2. The maximum Gasteiger partial charge on any atom is 0.256 e. The summed E-state index contributed by atoms with van der Waals surface area (Å²) in [5.74, 6) is -0.168. The topological polar surface area (TPSA) is 95.6 Å². The quantitative estimate of drug-likeness (QED) is 0.787. The molecule has 2 aromatic rings. The van der Waals surface area contributed by atoms with Gasteiger partial charge in [-0.25, -0.2) is 9.37 Å². The molecule has 4 heterocycles. The highest BCUT2D eigenvalue weighted by Crippen LogP contribution is 2.32. The van der Waals surface area contributed by atoms with Crippen molar-refractivity contribution in [1.29, 1.82) is 0 Å². The van der Waals surface area contributed by atoms with E-state index >= 15 is 0 Å². The number of likely N-dealkylation sites (tertiary alicyclic amines) is 1. The zero-order valence-electron chi connectivity index (χ0n) is 17.7. The Morgan fingerprint density at radius 3 is 2.69 bits per heavy atom. The van der Waals surface area contributed by atoms with Crippen LogP contribution < -0.4 is 5.56 Å². The minimum atomic E-state index is -0.405. The van der Waals surface area contributed by atoms with Gasteiger partial charge in [0.15, 0.2) is 0 Å². The number of hydrogen-bond acceptors (Lipinski definition) is 5. The van der Waals surface area contributed by atoms with Crippen molar-refractivity contribution in [1.82, 2.24) is 19.8 Å². The second-order valence-corrected chi connectivity index (χ2v) is 8.55. The molecule has 0 saturated carbocycles. The number of carbonyl (C=O) groups is 2. The summed E-state index contributed by atoms with van der Waals surface area (Å²) in [6.45, 7) is 1.81. The van der Waals surface area contributed by atoms with Crippen LogP contribution in [-0.4, -0.2) is 57.4 Å². The van der Waals surface area contributed by atoms with E-state index in [9.17, 15) is 18.8 Å². The summed E-state index contributed by atoms with van der Waals surface area (Å²) in [5, 5.41) is 0. The van der Waals surface area contributed by atoms with Crippen molar-refractivity contribution >= 4 is 11.8 Å². The first-order valence-corrected chi connectivity index (χ1v) is 11.1. The predicted octanol–water partition coefficient (Wildman–Crippen LogP) is 1.95. The molecule has 0 unspecified atom stereocenters. The minimum Gasteiger partial charge on any atom is -0.368 e. The monoisotopic (exact) mass is 440 g/mol. The molecule has 0 radical (unpaired) electrons. The summed E-state index contributed by atoms with van der Waals surface area (Å²) in [5.41, 5.74) is 1.23. The number of halogens is 1. The van der Waals surface area contributed by atoms with Crippen LogP contribution in [0.2, 0.25) is 0 Å². The van der Waals surface area contributed by atoms with Gasteiger partial charge in [0.2, 0.25) is 0 Å². The van der Waals surface area contributed by atoms with Crippen molar-refractivity contribution in [2.75, 3.05) is 19.7 Å². The fraction of sp³-hybridized carbons (Fsp3) is 0.478. The molecule has 3 aliphatic heterocycles. The normalized spacial score (nSPS) is 22.8. The number of amides is 2. The average Bonchev–Trinajstić information content (AvgIpc) is 3.51. The number of carbonyl (C=O) groups excluding carboxylic acids is 2. The molecule has 2 fully saturated rings. The summed E-state index contributed by atoms with van der Waals surface area (Å²) in [7, 11) is 0. The number of benzene rings is 1. The molecular formula is C23H25FN4O4. The highest BCUT2D eigenvalue weighted by atomic mass is 19.1. The van der Waals surface area contributed by atoms with E-state index in [1.54, 1.807) is 9.80 Å². The molecule has 2 saturated heterocycles. The van der Waals surface area contributed by atoms with Crippen molar-refractivity contribution in [3.8, 4) is 0 Å². The number of nitrogens with zero attached hydrogens (tertiary/aromatic N) is 3. The third-order valence-electron chi connectivity index (χ3n) is 6.52. The number of fused-ring (bicyclic) bond motifs is 1. The van der Waals surface area contributed by atoms with Crippen LogP contribution in [0.1, 0.15) is 59.2 Å². The molecule has 3 aliphatic rings. The van der Waals surface area contributed by atoms with Gasteiger partial charge in [0.1, 0.15) is 17.7 Å². The Bertz CT molecular complexity index is 1090. The van der Waals surface area contributed by atoms with E-state index < -0.39 is 11.9 Å². The lowest BCUT2D eigenvalue weighted by molar-refractivity contribution is -0.142. The minimum absolute atomic E-state index is 0.0264. The van der Waals surface area contributed by atoms with Crippen molar-refractivity contribution < 1.29 is 18.7 Å². The molecule has 5 rings (SSSR count). The second kappa shape index (κ2) is 8.46. The second-order valence-electron chi connectivity index (χ2n) is 8.55. The zero-order chi connectivity index (χ0) is 22.2. The van der Waals surface area contributed by atoms with Gasteiger partial charge >= 0.3 is 0 Å². The Labute approximate surface area is 184 Å². The first kappa shape index (κ1) is 20.8. The fourth-order valence-corrected chi connectivity index (χ4v) is 4.82. The number of aromatic amines is 1. The van der Waals surface area contributed by atoms with Crippen molar-refractivity contribution in [3.05, 3.63) is 63.1 Å². The average molecular weight is 440 g/mol. The van der Waals surface area contributed by atoms with Crippen LogP contribution in [0.4, 0.5) is 4.39 Å². The molecule has 2 atom stereocenters. The molecule has 0 spiro atoms. The van der Waals surface area contributed by atoms with E-state index in [0.29, 0.717) is 48.8 Å². The Hall–Kier alpha value is -3.07. The van der Waals surface area contributed by atoms with E-state index in [-0.39, 0.29) is 30.0 Å². The van der Waals surface area contributed by atoms with Crippen molar-refractivity contribution in [3.63, 3.8) is 0 Å². The molecule has 1 aromatic carbocycles. The fourth-order valence-electron chi connectivity index (χ4n) is 4.82. The number of rotatable bonds is 3. The largest absolute Gasteiger partial charge is 0.368 e. The lowest BCUT2D eigenvalue weighted by atomic mass is 10.0. The number of H-pyrrole nitrogens is 1. The number of hydrogen-bond donors (Lipinski definition) is 1. The first-order valence-electron chi connectivity index (χ1n) is 11.1. The maximum absolute atomic E-state index is 13.2. The van der Waals surface area contributed by atoms with Gasteiger partial charge in [-0.1, -0.05) is 0 Å². The summed E-state index contributed by atoms with van der Waals surface area (Å²) in [6, 6.07) is 5.12. The third-order valence-corrected chi connectivity index (χ3v) is 6.52. The molecule has 2 amide bonds. The van der Waals surface area contributed by atoms with E-state index in [2.05, 4.69) is 4.98 Å². The molecule has 0 bridgehead atoms. The SMILES string of the molecule is O=C(c1ccc(F)cc1)N1CCc2nc([C@@H]3CCCN3C(=O)[C@H]3CCCO3)[nH]c(=O)c2C1. The lowest BCUT2D eigenvalue weighted by Gasteiger charge is -2.30. The lowest BCUT2D eigenvalue weighted by Crippen LogP contribution is -2.42. The van der Waals surface area contributed by atoms with Gasteiger partial charge in [-0.2, -0.15) is 0 Å². The summed E-state index contributed by atoms with van der Waals surface area (Å²) >= 11 is 0. The van der Waals surface area contributed by atoms with Gasteiger partial charge in [0.05, 0.1) is 23.8 Å². The molecule has 168 valence electrons. The molecule has 9 heteroatoms. The summed E-state index contributed by atoms with van der Waals surface area (Å²) in [6.07, 6.45) is 3.26. The van der Waals surface area contributed by atoms with Gasteiger partial charge in [0, 0.05) is 31.7 Å².